The first kappa shape index (κ1) is 15.8. The Bertz CT molecular complexity index is 1000. The average molecular weight is 405 g/mol. The molecule has 0 unspecified atom stereocenters. The van der Waals surface area contributed by atoms with E-state index in [9.17, 15) is 4.79 Å². The normalized spacial score (nSPS) is 12.6. The molecule has 0 saturated carbocycles. The maximum Gasteiger partial charge on any atom is 0.378 e. The number of hydrogen-bond acceptors (Lipinski definition) is 7. The zero-order valence-corrected chi connectivity index (χ0v) is 15.0. The minimum Gasteiger partial charge on any atom is -0.455 e. The van der Waals surface area contributed by atoms with Gasteiger partial charge in [-0.25, -0.2) is 14.3 Å². The van der Waals surface area contributed by atoms with Crippen molar-refractivity contribution in [3.63, 3.8) is 0 Å². The second-order valence-electron chi connectivity index (χ2n) is 5.56. The predicted molar refractivity (Wildman–Crippen MR) is 89.6 cm³/mol. The van der Waals surface area contributed by atoms with Crippen LogP contribution in [0.1, 0.15) is 27.6 Å². The molecule has 9 heteroatoms. The van der Waals surface area contributed by atoms with Crippen molar-refractivity contribution in [2.45, 2.75) is 20.5 Å². The van der Waals surface area contributed by atoms with E-state index in [0.717, 1.165) is 21.4 Å². The zero-order chi connectivity index (χ0) is 17.6. The Balaban J connectivity index is 1.54. The quantitative estimate of drug-likeness (QED) is 0.619. The highest BCUT2D eigenvalue weighted by Crippen LogP contribution is 2.37. The summed E-state index contributed by atoms with van der Waals surface area (Å²) in [6.45, 7) is 3.96. The molecule has 1 aliphatic rings. The van der Waals surface area contributed by atoms with E-state index in [0.29, 0.717) is 17.3 Å². The number of carbonyl (C=O) groups excluding carboxylic acids is 1. The Hall–Kier alpha value is -2.68. The Morgan fingerprint density at radius 1 is 1.24 bits per heavy atom. The van der Waals surface area contributed by atoms with Gasteiger partial charge in [0.05, 0.1) is 0 Å². The van der Waals surface area contributed by atoms with Gasteiger partial charge in [-0.05, 0) is 32.0 Å². The van der Waals surface area contributed by atoms with Crippen molar-refractivity contribution < 1.29 is 19.0 Å². The molecule has 0 spiro atoms. The van der Waals surface area contributed by atoms with E-state index in [1.54, 1.807) is 12.1 Å². The van der Waals surface area contributed by atoms with Crippen LogP contribution >= 0.6 is 15.9 Å². The number of halogens is 1. The van der Waals surface area contributed by atoms with Crippen LogP contribution in [0, 0.1) is 13.8 Å². The standard InChI is InChI=1S/C16H13BrN4O4/c1-8-3-9(2)21-16(18-8)19-14(20-21)15(22)23-6-10-4-12-13(5-11(10)17)25-7-24-12/h3-5H,6-7H2,1-2H3. The number of nitrogens with zero attached hydrogens (tertiary/aromatic N) is 4. The molecule has 4 rings (SSSR count). The summed E-state index contributed by atoms with van der Waals surface area (Å²) < 4.78 is 18.2. The highest BCUT2D eigenvalue weighted by Gasteiger charge is 2.19. The third kappa shape index (κ3) is 2.91. The van der Waals surface area contributed by atoms with Gasteiger partial charge in [-0.1, -0.05) is 15.9 Å². The predicted octanol–water partition coefficient (Wildman–Crippen LogP) is 2.59. The van der Waals surface area contributed by atoms with Gasteiger partial charge in [-0.2, -0.15) is 4.98 Å². The number of carbonyl (C=O) groups is 1. The lowest BCUT2D eigenvalue weighted by molar-refractivity contribution is 0.0457. The van der Waals surface area contributed by atoms with E-state index in [-0.39, 0.29) is 19.2 Å². The van der Waals surface area contributed by atoms with Crippen LogP contribution in [0.5, 0.6) is 11.5 Å². The second-order valence-corrected chi connectivity index (χ2v) is 6.41. The third-order valence-corrected chi connectivity index (χ3v) is 4.44. The summed E-state index contributed by atoms with van der Waals surface area (Å²) in [6, 6.07) is 5.41. The number of benzene rings is 1. The molecule has 0 bridgehead atoms. The third-order valence-electron chi connectivity index (χ3n) is 3.70. The number of aryl methyl sites for hydroxylation is 2. The van der Waals surface area contributed by atoms with Crippen molar-refractivity contribution in [3.8, 4) is 11.5 Å². The Kier molecular flexibility index (Phi) is 3.79. The molecule has 3 aromatic rings. The minimum absolute atomic E-state index is 0.0296. The number of aromatic nitrogens is 4. The highest BCUT2D eigenvalue weighted by atomic mass is 79.9. The Morgan fingerprint density at radius 2 is 2.00 bits per heavy atom. The molecule has 0 N–H and O–H groups in total. The summed E-state index contributed by atoms with van der Waals surface area (Å²) in [5, 5.41) is 4.16. The van der Waals surface area contributed by atoms with Gasteiger partial charge < -0.3 is 14.2 Å². The van der Waals surface area contributed by atoms with Gasteiger partial charge in [0, 0.05) is 21.4 Å². The van der Waals surface area contributed by atoms with Gasteiger partial charge in [-0.15, -0.1) is 5.10 Å². The van der Waals surface area contributed by atoms with E-state index >= 15 is 0 Å². The monoisotopic (exact) mass is 404 g/mol. The van der Waals surface area contributed by atoms with Gasteiger partial charge >= 0.3 is 5.97 Å². The van der Waals surface area contributed by atoms with E-state index in [1.165, 1.54) is 4.52 Å². The van der Waals surface area contributed by atoms with Crippen molar-refractivity contribution in [3.05, 3.63) is 45.4 Å². The number of rotatable bonds is 3. The van der Waals surface area contributed by atoms with E-state index in [2.05, 4.69) is 31.0 Å². The fraction of sp³-hybridized carbons (Fsp3) is 0.250. The van der Waals surface area contributed by atoms with Crippen LogP contribution in [0.3, 0.4) is 0 Å². The molecule has 128 valence electrons. The van der Waals surface area contributed by atoms with Crippen LogP contribution in [-0.2, 0) is 11.3 Å². The van der Waals surface area contributed by atoms with Crippen molar-refractivity contribution in [1.82, 2.24) is 19.6 Å². The first-order valence-corrected chi connectivity index (χ1v) is 8.27. The molecule has 0 atom stereocenters. The second kappa shape index (κ2) is 5.99. The summed E-state index contributed by atoms with van der Waals surface area (Å²) in [7, 11) is 0. The maximum absolute atomic E-state index is 12.3. The fourth-order valence-electron chi connectivity index (χ4n) is 2.53. The maximum atomic E-state index is 12.3. The van der Waals surface area contributed by atoms with Crippen LogP contribution in [0.2, 0.25) is 0 Å². The number of ether oxygens (including phenoxy) is 3. The molecule has 0 saturated heterocycles. The molecule has 2 aromatic heterocycles. The largest absolute Gasteiger partial charge is 0.455 e. The van der Waals surface area contributed by atoms with Crippen molar-refractivity contribution in [1.29, 1.82) is 0 Å². The minimum atomic E-state index is -0.618. The smallest absolute Gasteiger partial charge is 0.378 e. The molecule has 1 aliphatic heterocycles. The van der Waals surface area contributed by atoms with E-state index in [4.69, 9.17) is 14.2 Å². The van der Waals surface area contributed by atoms with Gasteiger partial charge in [0.25, 0.3) is 11.6 Å². The van der Waals surface area contributed by atoms with Crippen LogP contribution in [0.25, 0.3) is 5.78 Å². The van der Waals surface area contributed by atoms with Crippen molar-refractivity contribution in [2.24, 2.45) is 0 Å². The van der Waals surface area contributed by atoms with E-state index < -0.39 is 5.97 Å². The van der Waals surface area contributed by atoms with Gasteiger partial charge in [-0.3, -0.25) is 0 Å². The number of fused-ring (bicyclic) bond motifs is 2. The molecule has 25 heavy (non-hydrogen) atoms. The first-order chi connectivity index (χ1) is 12.0. The summed E-state index contributed by atoms with van der Waals surface area (Å²) in [5.74, 6) is 0.996. The van der Waals surface area contributed by atoms with Crippen LogP contribution in [-0.4, -0.2) is 32.3 Å². The summed E-state index contributed by atoms with van der Waals surface area (Å²) in [4.78, 5) is 20.7. The number of hydrogen-bond donors (Lipinski definition) is 0. The summed E-state index contributed by atoms with van der Waals surface area (Å²) >= 11 is 3.43. The SMILES string of the molecule is Cc1cc(C)n2nc(C(=O)OCc3cc4c(cc3Br)OCO4)nc2n1. The van der Waals surface area contributed by atoms with Crippen molar-refractivity contribution in [2.75, 3.05) is 6.79 Å². The topological polar surface area (TPSA) is 87.8 Å². The molecule has 3 heterocycles. The molecular weight excluding hydrogens is 392 g/mol. The highest BCUT2D eigenvalue weighted by molar-refractivity contribution is 9.10. The molecule has 0 aliphatic carbocycles. The molecule has 8 nitrogen and oxygen atoms in total. The first-order valence-electron chi connectivity index (χ1n) is 7.47. The fourth-order valence-corrected chi connectivity index (χ4v) is 2.97. The van der Waals surface area contributed by atoms with Crippen molar-refractivity contribution >= 4 is 27.7 Å². The van der Waals surface area contributed by atoms with Crippen LogP contribution in [0.15, 0.2) is 22.7 Å². The number of esters is 1. The van der Waals surface area contributed by atoms with Crippen LogP contribution < -0.4 is 9.47 Å². The molecule has 0 radical (unpaired) electrons. The molecule has 1 aromatic carbocycles. The summed E-state index contributed by atoms with van der Waals surface area (Å²) in [6.07, 6.45) is 0. The molecule has 0 fully saturated rings. The average Bonchev–Trinajstić information content (AvgIpc) is 3.18. The molecular formula is C16H13BrN4O4. The Labute approximate surface area is 150 Å². The zero-order valence-electron chi connectivity index (χ0n) is 13.4. The van der Waals surface area contributed by atoms with Gasteiger partial charge in [0.2, 0.25) is 6.79 Å². The van der Waals surface area contributed by atoms with E-state index in [1.807, 2.05) is 19.9 Å². The van der Waals surface area contributed by atoms with Gasteiger partial charge in [0.15, 0.2) is 11.5 Å². The lowest BCUT2D eigenvalue weighted by Crippen LogP contribution is -2.08. The van der Waals surface area contributed by atoms with Crippen LogP contribution in [0.4, 0.5) is 0 Å². The summed E-state index contributed by atoms with van der Waals surface area (Å²) in [5.41, 5.74) is 2.40. The van der Waals surface area contributed by atoms with Gasteiger partial charge in [0.1, 0.15) is 6.61 Å². The lowest BCUT2D eigenvalue weighted by Gasteiger charge is -2.06. The molecule has 0 amide bonds. The Morgan fingerprint density at radius 3 is 2.80 bits per heavy atom. The lowest BCUT2D eigenvalue weighted by atomic mass is 10.2.